The Kier molecular flexibility index (Phi) is 4.18. The average molecular weight is 263 g/mol. The van der Waals surface area contributed by atoms with Crippen LogP contribution in [0, 0.1) is 0 Å². The number of halogens is 1. The summed E-state index contributed by atoms with van der Waals surface area (Å²) < 4.78 is 5.73. The highest BCUT2D eigenvalue weighted by Crippen LogP contribution is 2.29. The van der Waals surface area contributed by atoms with Gasteiger partial charge in [0.1, 0.15) is 17.9 Å². The van der Waals surface area contributed by atoms with Gasteiger partial charge < -0.3 is 10.1 Å². The van der Waals surface area contributed by atoms with Gasteiger partial charge in [-0.25, -0.2) is 0 Å². The lowest BCUT2D eigenvalue weighted by atomic mass is 10.2. The number of aromatic nitrogens is 1. The van der Waals surface area contributed by atoms with Crippen LogP contribution in [-0.4, -0.2) is 25.2 Å². The number of nitrogens with one attached hydrogen (secondary N) is 1. The zero-order chi connectivity index (χ0) is 13.0. The molecule has 0 unspecified atom stereocenters. The molecule has 0 amide bonds. The maximum absolute atomic E-state index is 6.12. The van der Waals surface area contributed by atoms with Gasteiger partial charge in [-0.15, -0.1) is 0 Å². The van der Waals surface area contributed by atoms with Crippen LogP contribution in [0.2, 0.25) is 5.02 Å². The third-order valence-corrected chi connectivity index (χ3v) is 2.87. The van der Waals surface area contributed by atoms with Gasteiger partial charge in [0.15, 0.2) is 0 Å². The fourth-order valence-electron chi connectivity index (χ4n) is 1.71. The van der Waals surface area contributed by atoms with Crippen LogP contribution in [-0.2, 0) is 0 Å². The highest BCUT2D eigenvalue weighted by Gasteiger charge is 2.06. The van der Waals surface area contributed by atoms with Gasteiger partial charge in [0.2, 0.25) is 0 Å². The van der Waals surface area contributed by atoms with Crippen molar-refractivity contribution in [2.24, 2.45) is 0 Å². The first-order valence-electron chi connectivity index (χ1n) is 5.69. The number of benzene rings is 1. The van der Waals surface area contributed by atoms with Crippen molar-refractivity contribution in [1.29, 1.82) is 0 Å². The minimum atomic E-state index is 0.466. The maximum Gasteiger partial charge on any atom is 0.146 e. The summed E-state index contributed by atoms with van der Waals surface area (Å²) in [5.41, 5.74) is 1.76. The van der Waals surface area contributed by atoms with Crippen LogP contribution in [0.4, 0.5) is 0 Å². The lowest BCUT2D eigenvalue weighted by molar-refractivity contribution is 0.352. The van der Waals surface area contributed by atoms with Gasteiger partial charge in [0.05, 0.1) is 5.02 Å². The standard InChI is InChI=1S/C14H15ClN2O/c1-10(8-16-2)9-18-13-6-5-12(15)11-4-3-7-17-14(11)13/h3-7,16H,1,8-9H2,2H3. The Morgan fingerprint density at radius 2 is 2.28 bits per heavy atom. The molecular weight excluding hydrogens is 248 g/mol. The smallest absolute Gasteiger partial charge is 0.146 e. The van der Waals surface area contributed by atoms with Crippen LogP contribution in [0.5, 0.6) is 5.75 Å². The third kappa shape index (κ3) is 2.81. The fourth-order valence-corrected chi connectivity index (χ4v) is 1.92. The number of likely N-dealkylation sites (N-methyl/N-ethyl adjacent to an activating group) is 1. The highest BCUT2D eigenvalue weighted by atomic mass is 35.5. The minimum Gasteiger partial charge on any atom is -0.487 e. The maximum atomic E-state index is 6.12. The number of pyridine rings is 1. The van der Waals surface area contributed by atoms with E-state index in [4.69, 9.17) is 16.3 Å². The second-order valence-corrected chi connectivity index (χ2v) is 4.42. The minimum absolute atomic E-state index is 0.466. The van der Waals surface area contributed by atoms with Crippen molar-refractivity contribution in [2.75, 3.05) is 20.2 Å². The van der Waals surface area contributed by atoms with E-state index in [9.17, 15) is 0 Å². The number of hydrogen-bond donors (Lipinski definition) is 1. The molecule has 18 heavy (non-hydrogen) atoms. The molecule has 94 valence electrons. The molecule has 4 heteroatoms. The zero-order valence-corrected chi connectivity index (χ0v) is 11.0. The van der Waals surface area contributed by atoms with Crippen molar-refractivity contribution in [3.05, 3.63) is 47.6 Å². The first-order valence-corrected chi connectivity index (χ1v) is 6.07. The Morgan fingerprint density at radius 3 is 3.06 bits per heavy atom. The summed E-state index contributed by atoms with van der Waals surface area (Å²) in [5, 5.41) is 4.61. The molecule has 0 atom stereocenters. The lowest BCUT2D eigenvalue weighted by Crippen LogP contribution is -2.14. The normalized spacial score (nSPS) is 10.6. The second kappa shape index (κ2) is 5.85. The monoisotopic (exact) mass is 262 g/mol. The van der Waals surface area contributed by atoms with E-state index in [2.05, 4.69) is 16.9 Å². The Morgan fingerprint density at radius 1 is 1.44 bits per heavy atom. The molecule has 2 rings (SSSR count). The van der Waals surface area contributed by atoms with Gasteiger partial charge in [-0.3, -0.25) is 4.98 Å². The molecule has 0 aliphatic rings. The molecule has 1 aromatic heterocycles. The molecule has 0 aliphatic carbocycles. The van der Waals surface area contributed by atoms with Crippen LogP contribution in [0.25, 0.3) is 10.9 Å². The lowest BCUT2D eigenvalue weighted by Gasteiger charge is -2.10. The van der Waals surface area contributed by atoms with E-state index >= 15 is 0 Å². The van der Waals surface area contributed by atoms with E-state index in [0.29, 0.717) is 11.6 Å². The van der Waals surface area contributed by atoms with Crippen LogP contribution in [0.1, 0.15) is 0 Å². The summed E-state index contributed by atoms with van der Waals surface area (Å²) in [5.74, 6) is 0.729. The molecule has 1 N–H and O–H groups in total. The van der Waals surface area contributed by atoms with Crippen LogP contribution in [0.3, 0.4) is 0 Å². The van der Waals surface area contributed by atoms with Crippen LogP contribution >= 0.6 is 11.6 Å². The highest BCUT2D eigenvalue weighted by molar-refractivity contribution is 6.35. The summed E-state index contributed by atoms with van der Waals surface area (Å²) in [6.45, 7) is 5.12. The van der Waals surface area contributed by atoms with E-state index < -0.39 is 0 Å². The van der Waals surface area contributed by atoms with Crippen molar-refractivity contribution < 1.29 is 4.74 Å². The molecule has 0 saturated carbocycles. The average Bonchev–Trinajstić information content (AvgIpc) is 2.39. The Labute approximate surface area is 111 Å². The third-order valence-electron chi connectivity index (χ3n) is 2.54. The number of nitrogens with zero attached hydrogens (tertiary/aromatic N) is 1. The molecule has 0 aliphatic heterocycles. The van der Waals surface area contributed by atoms with E-state index in [1.165, 1.54) is 0 Å². The predicted octanol–water partition coefficient (Wildman–Crippen LogP) is 3.04. The van der Waals surface area contributed by atoms with Crippen LogP contribution < -0.4 is 10.1 Å². The Hall–Kier alpha value is -1.58. The number of hydrogen-bond acceptors (Lipinski definition) is 3. The predicted molar refractivity (Wildman–Crippen MR) is 75.3 cm³/mol. The first kappa shape index (κ1) is 12.9. The summed E-state index contributed by atoms with van der Waals surface area (Å²) >= 11 is 6.12. The van der Waals surface area contributed by atoms with Crippen molar-refractivity contribution in [3.8, 4) is 5.75 Å². The summed E-state index contributed by atoms with van der Waals surface area (Å²) in [7, 11) is 1.88. The topological polar surface area (TPSA) is 34.1 Å². The number of fused-ring (bicyclic) bond motifs is 1. The fraction of sp³-hybridized carbons (Fsp3) is 0.214. The van der Waals surface area contributed by atoms with E-state index in [1.54, 1.807) is 6.20 Å². The number of ether oxygens (including phenoxy) is 1. The molecule has 1 heterocycles. The van der Waals surface area contributed by atoms with E-state index in [1.807, 2.05) is 31.3 Å². The Balaban J connectivity index is 2.24. The summed E-state index contributed by atoms with van der Waals surface area (Å²) in [6.07, 6.45) is 1.73. The van der Waals surface area contributed by atoms with Crippen molar-refractivity contribution in [2.45, 2.75) is 0 Å². The van der Waals surface area contributed by atoms with Crippen LogP contribution in [0.15, 0.2) is 42.6 Å². The largest absolute Gasteiger partial charge is 0.487 e. The second-order valence-electron chi connectivity index (χ2n) is 4.01. The van der Waals surface area contributed by atoms with Gasteiger partial charge in [-0.2, -0.15) is 0 Å². The molecule has 1 aromatic carbocycles. The SMILES string of the molecule is C=C(CNC)COc1ccc(Cl)c2cccnc12. The molecule has 3 nitrogen and oxygen atoms in total. The molecule has 0 radical (unpaired) electrons. The molecule has 2 aromatic rings. The zero-order valence-electron chi connectivity index (χ0n) is 10.2. The van der Waals surface area contributed by atoms with Gasteiger partial charge in [-0.1, -0.05) is 18.2 Å². The van der Waals surface area contributed by atoms with Gasteiger partial charge in [0, 0.05) is 18.1 Å². The Bertz CT molecular complexity index is 569. The summed E-state index contributed by atoms with van der Waals surface area (Å²) in [6, 6.07) is 7.45. The van der Waals surface area contributed by atoms with Gasteiger partial charge in [-0.05, 0) is 36.9 Å². The summed E-state index contributed by atoms with van der Waals surface area (Å²) in [4.78, 5) is 4.31. The quantitative estimate of drug-likeness (QED) is 0.841. The van der Waals surface area contributed by atoms with Crippen molar-refractivity contribution in [1.82, 2.24) is 10.3 Å². The van der Waals surface area contributed by atoms with Crippen molar-refractivity contribution in [3.63, 3.8) is 0 Å². The van der Waals surface area contributed by atoms with Gasteiger partial charge in [0.25, 0.3) is 0 Å². The molecule has 0 fully saturated rings. The van der Waals surface area contributed by atoms with Gasteiger partial charge >= 0.3 is 0 Å². The number of rotatable bonds is 5. The molecule has 0 spiro atoms. The van der Waals surface area contributed by atoms with E-state index in [-0.39, 0.29) is 0 Å². The first-order chi connectivity index (χ1) is 8.72. The molecule has 0 bridgehead atoms. The molecular formula is C14H15ClN2O. The molecule has 0 saturated heterocycles. The van der Waals surface area contributed by atoms with Crippen molar-refractivity contribution >= 4 is 22.5 Å². The van der Waals surface area contributed by atoms with E-state index in [0.717, 1.165) is 28.8 Å².